The van der Waals surface area contributed by atoms with Crippen molar-refractivity contribution in [2.24, 2.45) is 0 Å². The molecule has 0 heterocycles. The SMILES string of the molecule is COCOCC1(Cl)C=CC(Br)=CC1. The van der Waals surface area contributed by atoms with Crippen LogP contribution in [0, 0.1) is 0 Å². The molecular formula is C9H12BrClO2. The first-order valence-corrected chi connectivity index (χ1v) is 5.14. The topological polar surface area (TPSA) is 18.5 Å². The number of hydrogen-bond donors (Lipinski definition) is 0. The molecule has 0 bridgehead atoms. The largest absolute Gasteiger partial charge is 0.359 e. The van der Waals surface area contributed by atoms with Gasteiger partial charge in [-0.15, -0.1) is 11.6 Å². The fourth-order valence-corrected chi connectivity index (χ4v) is 1.55. The Morgan fingerprint density at radius 2 is 2.46 bits per heavy atom. The van der Waals surface area contributed by atoms with Crippen LogP contribution in [-0.2, 0) is 9.47 Å². The number of ether oxygens (including phenoxy) is 2. The average Bonchev–Trinajstić information content (AvgIpc) is 2.12. The smallest absolute Gasteiger partial charge is 0.146 e. The van der Waals surface area contributed by atoms with E-state index in [1.54, 1.807) is 7.11 Å². The van der Waals surface area contributed by atoms with Crippen LogP contribution >= 0.6 is 27.5 Å². The summed E-state index contributed by atoms with van der Waals surface area (Å²) in [7, 11) is 1.59. The standard InChI is InChI=1S/C9H12BrClO2/c1-12-7-13-6-9(11)4-2-8(10)3-5-9/h2-4H,5-7H2,1H3. The van der Waals surface area contributed by atoms with E-state index in [9.17, 15) is 0 Å². The Bertz CT molecular complexity index is 228. The van der Waals surface area contributed by atoms with E-state index in [4.69, 9.17) is 21.1 Å². The van der Waals surface area contributed by atoms with Crippen molar-refractivity contribution in [3.05, 3.63) is 22.7 Å². The highest BCUT2D eigenvalue weighted by atomic mass is 79.9. The van der Waals surface area contributed by atoms with Crippen LogP contribution in [0.4, 0.5) is 0 Å². The van der Waals surface area contributed by atoms with Crippen LogP contribution in [0.15, 0.2) is 22.7 Å². The number of alkyl halides is 1. The lowest BCUT2D eigenvalue weighted by molar-refractivity contribution is -0.0354. The molecule has 74 valence electrons. The van der Waals surface area contributed by atoms with Crippen molar-refractivity contribution in [1.82, 2.24) is 0 Å². The molecule has 1 unspecified atom stereocenters. The van der Waals surface area contributed by atoms with E-state index in [2.05, 4.69) is 15.9 Å². The number of hydrogen-bond acceptors (Lipinski definition) is 2. The van der Waals surface area contributed by atoms with Crippen LogP contribution in [0.5, 0.6) is 0 Å². The number of halogens is 2. The minimum Gasteiger partial charge on any atom is -0.359 e. The minimum atomic E-state index is -0.407. The van der Waals surface area contributed by atoms with Crippen LogP contribution in [0.3, 0.4) is 0 Å². The molecule has 0 aliphatic heterocycles. The molecule has 0 amide bonds. The van der Waals surface area contributed by atoms with Crippen LogP contribution in [0.2, 0.25) is 0 Å². The maximum Gasteiger partial charge on any atom is 0.146 e. The van der Waals surface area contributed by atoms with Gasteiger partial charge in [-0.05, 0) is 6.42 Å². The third kappa shape index (κ3) is 3.81. The zero-order chi connectivity index (χ0) is 9.73. The molecule has 0 saturated heterocycles. The van der Waals surface area contributed by atoms with Gasteiger partial charge in [0.05, 0.1) is 11.5 Å². The molecule has 1 aliphatic carbocycles. The zero-order valence-electron chi connectivity index (χ0n) is 7.43. The molecule has 0 aromatic heterocycles. The molecule has 2 nitrogen and oxygen atoms in total. The quantitative estimate of drug-likeness (QED) is 0.443. The van der Waals surface area contributed by atoms with Gasteiger partial charge in [-0.2, -0.15) is 0 Å². The van der Waals surface area contributed by atoms with Crippen LogP contribution < -0.4 is 0 Å². The van der Waals surface area contributed by atoms with Gasteiger partial charge in [-0.25, -0.2) is 0 Å². The summed E-state index contributed by atoms with van der Waals surface area (Å²) in [6, 6.07) is 0. The van der Waals surface area contributed by atoms with Crippen LogP contribution in [-0.4, -0.2) is 25.4 Å². The molecule has 0 aromatic carbocycles. The second-order valence-corrected chi connectivity index (χ2v) is 4.58. The van der Waals surface area contributed by atoms with Crippen molar-refractivity contribution in [3.63, 3.8) is 0 Å². The van der Waals surface area contributed by atoms with Crippen molar-refractivity contribution < 1.29 is 9.47 Å². The van der Waals surface area contributed by atoms with Gasteiger partial charge in [0, 0.05) is 11.6 Å². The summed E-state index contributed by atoms with van der Waals surface area (Å²) in [5.74, 6) is 0. The summed E-state index contributed by atoms with van der Waals surface area (Å²) in [6.45, 7) is 0.753. The van der Waals surface area contributed by atoms with Gasteiger partial charge < -0.3 is 9.47 Å². The fourth-order valence-electron chi connectivity index (χ4n) is 1.03. The van der Waals surface area contributed by atoms with Gasteiger partial charge >= 0.3 is 0 Å². The predicted octanol–water partition coefficient (Wildman–Crippen LogP) is 2.82. The summed E-state index contributed by atoms with van der Waals surface area (Å²) >= 11 is 9.62. The molecule has 0 spiro atoms. The van der Waals surface area contributed by atoms with E-state index in [1.165, 1.54) is 0 Å². The summed E-state index contributed by atoms with van der Waals surface area (Å²) in [5, 5.41) is 0. The Balaban J connectivity index is 2.37. The number of rotatable bonds is 4. The molecule has 0 aromatic rings. The van der Waals surface area contributed by atoms with Crippen molar-refractivity contribution in [2.45, 2.75) is 11.3 Å². The lowest BCUT2D eigenvalue weighted by atomic mass is 10.0. The van der Waals surface area contributed by atoms with Gasteiger partial charge in [0.1, 0.15) is 6.79 Å². The average molecular weight is 268 g/mol. The second-order valence-electron chi connectivity index (χ2n) is 2.92. The van der Waals surface area contributed by atoms with Gasteiger partial charge in [0.25, 0.3) is 0 Å². The maximum atomic E-state index is 6.24. The monoisotopic (exact) mass is 266 g/mol. The molecular weight excluding hydrogens is 255 g/mol. The molecule has 4 heteroatoms. The summed E-state index contributed by atoms with van der Waals surface area (Å²) in [4.78, 5) is -0.407. The Kier molecular flexibility index (Phi) is 4.46. The number of methoxy groups -OCH3 is 1. The molecule has 13 heavy (non-hydrogen) atoms. The minimum absolute atomic E-state index is 0.285. The third-order valence-electron chi connectivity index (χ3n) is 1.72. The molecule has 1 rings (SSSR count). The second kappa shape index (κ2) is 5.15. The van der Waals surface area contributed by atoms with Gasteiger partial charge in [0.2, 0.25) is 0 Å². The molecule has 0 N–H and O–H groups in total. The Morgan fingerprint density at radius 3 is 3.00 bits per heavy atom. The molecule has 1 aliphatic rings. The van der Waals surface area contributed by atoms with E-state index < -0.39 is 4.87 Å². The van der Waals surface area contributed by atoms with E-state index in [0.29, 0.717) is 6.61 Å². The van der Waals surface area contributed by atoms with E-state index in [0.717, 1.165) is 10.9 Å². The van der Waals surface area contributed by atoms with Crippen molar-refractivity contribution in [2.75, 3.05) is 20.5 Å². The Hall–Kier alpha value is 0.170. The number of allylic oxidation sites excluding steroid dienone is 3. The summed E-state index contributed by atoms with van der Waals surface area (Å²) in [5.41, 5.74) is 0. The normalized spacial score (nSPS) is 27.5. The Labute approximate surface area is 91.7 Å². The predicted molar refractivity (Wildman–Crippen MR) is 57.2 cm³/mol. The van der Waals surface area contributed by atoms with Gasteiger partial charge in [-0.3, -0.25) is 0 Å². The van der Waals surface area contributed by atoms with E-state index in [-0.39, 0.29) is 6.79 Å². The first kappa shape index (κ1) is 11.2. The zero-order valence-corrected chi connectivity index (χ0v) is 9.77. The first-order chi connectivity index (χ1) is 6.16. The summed E-state index contributed by atoms with van der Waals surface area (Å²) < 4.78 is 11.0. The molecule has 0 radical (unpaired) electrons. The van der Waals surface area contributed by atoms with Crippen LogP contribution in [0.25, 0.3) is 0 Å². The molecule has 0 saturated carbocycles. The maximum absolute atomic E-state index is 6.24. The first-order valence-electron chi connectivity index (χ1n) is 3.97. The van der Waals surface area contributed by atoms with Gasteiger partial charge in [0.15, 0.2) is 0 Å². The molecule has 0 fully saturated rings. The van der Waals surface area contributed by atoms with Crippen molar-refractivity contribution in [3.8, 4) is 0 Å². The lowest BCUT2D eigenvalue weighted by Gasteiger charge is -2.24. The van der Waals surface area contributed by atoms with E-state index >= 15 is 0 Å². The fraction of sp³-hybridized carbons (Fsp3) is 0.556. The highest BCUT2D eigenvalue weighted by molar-refractivity contribution is 9.11. The third-order valence-corrected chi connectivity index (χ3v) is 2.70. The highest BCUT2D eigenvalue weighted by Gasteiger charge is 2.25. The van der Waals surface area contributed by atoms with E-state index in [1.807, 2.05) is 18.2 Å². The summed E-state index contributed by atoms with van der Waals surface area (Å²) in [6.07, 6.45) is 6.68. The lowest BCUT2D eigenvalue weighted by Crippen LogP contribution is -2.26. The highest BCUT2D eigenvalue weighted by Crippen LogP contribution is 2.29. The van der Waals surface area contributed by atoms with Gasteiger partial charge in [-0.1, -0.05) is 34.2 Å². The van der Waals surface area contributed by atoms with Crippen molar-refractivity contribution in [1.29, 1.82) is 0 Å². The molecule has 1 atom stereocenters. The Morgan fingerprint density at radius 1 is 1.69 bits per heavy atom. The van der Waals surface area contributed by atoms with Crippen molar-refractivity contribution >= 4 is 27.5 Å². The van der Waals surface area contributed by atoms with Crippen LogP contribution in [0.1, 0.15) is 6.42 Å².